The lowest BCUT2D eigenvalue weighted by atomic mass is 9.58. The highest BCUT2D eigenvalue weighted by Crippen LogP contribution is 2.57. The van der Waals surface area contributed by atoms with Gasteiger partial charge in [0, 0.05) is 49.6 Å². The Morgan fingerprint density at radius 2 is 0.973 bits per heavy atom. The molecule has 0 spiro atoms. The predicted molar refractivity (Wildman–Crippen MR) is 314 cm³/mol. The maximum Gasteiger partial charge on any atom is 0.198 e. The Morgan fingerprint density at radius 1 is 0.425 bits per heavy atom. The highest BCUT2D eigenvalue weighted by molar-refractivity contribution is 6.73. The van der Waals surface area contributed by atoms with Crippen molar-refractivity contribution in [1.82, 2.24) is 9.13 Å². The van der Waals surface area contributed by atoms with Gasteiger partial charge in [-0.15, -0.1) is 0 Å². The molecule has 362 valence electrons. The van der Waals surface area contributed by atoms with Crippen molar-refractivity contribution in [3.05, 3.63) is 178 Å². The summed E-state index contributed by atoms with van der Waals surface area (Å²) in [5.74, 6) is 0. The zero-order valence-corrected chi connectivity index (χ0v) is 45.1. The number of hydrogen-bond donors (Lipinski definition) is 1. The molecular weight excluding hydrogens is 882 g/mol. The molecule has 1 aliphatic heterocycles. The summed E-state index contributed by atoms with van der Waals surface area (Å²) in [6.07, 6.45) is 4.73. The van der Waals surface area contributed by atoms with Gasteiger partial charge in [-0.3, -0.25) is 0 Å². The van der Waals surface area contributed by atoms with Crippen LogP contribution in [-0.2, 0) is 27.1 Å². The molecule has 0 bridgehead atoms. The van der Waals surface area contributed by atoms with Gasteiger partial charge in [0.25, 0.3) is 0 Å². The molecule has 3 aliphatic carbocycles. The summed E-state index contributed by atoms with van der Waals surface area (Å²) in [7, 11) is 0.837. The summed E-state index contributed by atoms with van der Waals surface area (Å²) in [6.45, 7) is 29.2. The minimum absolute atomic E-state index is 0.0493. The van der Waals surface area contributed by atoms with E-state index in [1.165, 1.54) is 158 Å². The summed E-state index contributed by atoms with van der Waals surface area (Å²) in [4.78, 5) is 0. The van der Waals surface area contributed by atoms with Gasteiger partial charge in [-0.05, 0) is 183 Å². The highest BCUT2D eigenvalue weighted by atomic mass is 15.0. The lowest BCUT2D eigenvalue weighted by Crippen LogP contribution is -2.37. The predicted octanol–water partition coefficient (Wildman–Crippen LogP) is 16.6. The van der Waals surface area contributed by atoms with E-state index >= 15 is 0 Å². The number of hydrogen-bond acceptors (Lipinski definition) is 1. The Balaban J connectivity index is 1.17. The third kappa shape index (κ3) is 6.25. The average molecular weight is 950 g/mol. The van der Waals surface area contributed by atoms with Crippen LogP contribution < -0.4 is 16.2 Å². The third-order valence-electron chi connectivity index (χ3n) is 19.2. The molecule has 10 aromatic rings. The summed E-state index contributed by atoms with van der Waals surface area (Å²) in [5, 5.41) is 9.36. The molecule has 73 heavy (non-hydrogen) atoms. The SMILES string of the molecule is Cc1ccc(Nc2cc3c(cc2-c2cc(-n4c5ccccc5c5ccccc54)c4c5cc6c(cc5n5c4c2Bc2cc(C)ccc2-5)C(C)(C)CCC6(C)C)-c2cc4c(cc2C3(C)C)C(C)(C)CCC4(C)C)cc1. The second kappa shape index (κ2) is 14.7. The van der Waals surface area contributed by atoms with Gasteiger partial charge in [0.2, 0.25) is 0 Å². The van der Waals surface area contributed by atoms with Crippen LogP contribution in [-0.4, -0.2) is 16.4 Å². The Kier molecular flexibility index (Phi) is 9.05. The fourth-order valence-electron chi connectivity index (χ4n) is 14.6. The zero-order chi connectivity index (χ0) is 50.5. The van der Waals surface area contributed by atoms with Crippen LogP contribution in [0.2, 0.25) is 0 Å². The van der Waals surface area contributed by atoms with Crippen LogP contribution in [0.25, 0.3) is 77.2 Å². The molecule has 4 aliphatic rings. The molecule has 2 aromatic heterocycles. The van der Waals surface area contributed by atoms with Crippen LogP contribution in [0.1, 0.15) is 139 Å². The number of para-hydroxylation sites is 2. The molecule has 0 amide bonds. The van der Waals surface area contributed by atoms with E-state index in [1.807, 2.05) is 0 Å². The molecule has 0 radical (unpaired) electrons. The Hall–Kier alpha value is -6.78. The molecule has 0 atom stereocenters. The first-order chi connectivity index (χ1) is 34.7. The average Bonchev–Trinajstić information content (AvgIpc) is 3.97. The van der Waals surface area contributed by atoms with E-state index in [4.69, 9.17) is 0 Å². The smallest absolute Gasteiger partial charge is 0.198 e. The van der Waals surface area contributed by atoms with Gasteiger partial charge in [-0.25, -0.2) is 0 Å². The summed E-state index contributed by atoms with van der Waals surface area (Å²) in [5.41, 5.74) is 29.5. The van der Waals surface area contributed by atoms with Gasteiger partial charge >= 0.3 is 0 Å². The van der Waals surface area contributed by atoms with Crippen LogP contribution in [0.15, 0.2) is 133 Å². The number of aromatic nitrogens is 2. The number of benzene rings is 8. The standard InChI is InChI=1S/C69H68BN3/c1-39-21-24-41(25-22-39)71-56-37-50-44(45-33-51-53(36-49(45)69(50,11)12)67(7,8)29-27-65(51,3)4)32-46(56)47-35-61(72-57-19-15-13-17-42(57)43-18-14-16-20-58(43)72)62-48-34-52-54(68(9,10)30-28-66(52,5)6)38-60(48)73-59-26-23-40(2)31-55(59)70-63(47)64(62)73/h13-26,31-38,70-71H,27-30H2,1-12H3. The minimum Gasteiger partial charge on any atom is -0.355 e. The molecule has 8 aromatic carbocycles. The van der Waals surface area contributed by atoms with E-state index in [0.29, 0.717) is 0 Å². The first-order valence-electron chi connectivity index (χ1n) is 27.2. The Morgan fingerprint density at radius 3 is 1.62 bits per heavy atom. The van der Waals surface area contributed by atoms with E-state index in [0.717, 1.165) is 18.7 Å². The maximum atomic E-state index is 4.12. The molecule has 0 saturated heterocycles. The molecule has 4 heteroatoms. The van der Waals surface area contributed by atoms with E-state index in [-0.39, 0.29) is 27.1 Å². The largest absolute Gasteiger partial charge is 0.355 e. The first kappa shape index (κ1) is 44.9. The van der Waals surface area contributed by atoms with Gasteiger partial charge in [0.1, 0.15) is 0 Å². The van der Waals surface area contributed by atoms with E-state index in [2.05, 4.69) is 231 Å². The van der Waals surface area contributed by atoms with Gasteiger partial charge in [0.05, 0.1) is 27.8 Å². The molecule has 3 heterocycles. The highest BCUT2D eigenvalue weighted by Gasteiger charge is 2.44. The van der Waals surface area contributed by atoms with Crippen molar-refractivity contribution in [3.63, 3.8) is 0 Å². The van der Waals surface area contributed by atoms with Crippen molar-refractivity contribution in [1.29, 1.82) is 0 Å². The lowest BCUT2D eigenvalue weighted by Gasteiger charge is -2.42. The fourth-order valence-corrected chi connectivity index (χ4v) is 14.6. The number of nitrogens with zero attached hydrogens (tertiary/aromatic N) is 2. The van der Waals surface area contributed by atoms with Crippen molar-refractivity contribution in [3.8, 4) is 33.6 Å². The summed E-state index contributed by atoms with van der Waals surface area (Å²) >= 11 is 0. The van der Waals surface area contributed by atoms with Crippen LogP contribution in [0, 0.1) is 13.8 Å². The van der Waals surface area contributed by atoms with Gasteiger partial charge in [0.15, 0.2) is 7.28 Å². The first-order valence-corrected chi connectivity index (χ1v) is 27.2. The summed E-state index contributed by atoms with van der Waals surface area (Å²) < 4.78 is 5.32. The molecule has 3 nitrogen and oxygen atoms in total. The molecule has 0 unspecified atom stereocenters. The second-order valence-corrected chi connectivity index (χ2v) is 26.1. The van der Waals surface area contributed by atoms with Gasteiger partial charge < -0.3 is 14.5 Å². The van der Waals surface area contributed by atoms with Gasteiger partial charge in [-0.1, -0.05) is 153 Å². The third-order valence-corrected chi connectivity index (χ3v) is 19.2. The van der Waals surface area contributed by atoms with E-state index < -0.39 is 0 Å². The van der Waals surface area contributed by atoms with E-state index in [1.54, 1.807) is 0 Å². The normalized spacial score (nSPS) is 18.0. The monoisotopic (exact) mass is 950 g/mol. The molecule has 0 saturated carbocycles. The van der Waals surface area contributed by atoms with Crippen LogP contribution in [0.4, 0.5) is 11.4 Å². The topological polar surface area (TPSA) is 21.9 Å². The van der Waals surface area contributed by atoms with Gasteiger partial charge in [-0.2, -0.15) is 0 Å². The number of aryl methyl sites for hydroxylation is 2. The number of nitrogens with one attached hydrogen (secondary N) is 1. The van der Waals surface area contributed by atoms with Crippen molar-refractivity contribution < 1.29 is 0 Å². The lowest BCUT2D eigenvalue weighted by molar-refractivity contribution is 0.331. The van der Waals surface area contributed by atoms with Crippen LogP contribution >= 0.6 is 0 Å². The number of fused-ring (bicyclic) bond motifs is 13. The minimum atomic E-state index is -0.199. The Bertz CT molecular complexity index is 4020. The van der Waals surface area contributed by atoms with Crippen LogP contribution in [0.5, 0.6) is 0 Å². The van der Waals surface area contributed by atoms with Crippen molar-refractivity contribution in [2.45, 2.75) is 136 Å². The molecule has 1 N–H and O–H groups in total. The van der Waals surface area contributed by atoms with Crippen molar-refractivity contribution >= 4 is 73.2 Å². The molecule has 0 fully saturated rings. The van der Waals surface area contributed by atoms with Crippen LogP contribution in [0.3, 0.4) is 0 Å². The number of rotatable bonds is 4. The zero-order valence-electron chi connectivity index (χ0n) is 45.1. The quantitative estimate of drug-likeness (QED) is 0.175. The molecule has 14 rings (SSSR count). The van der Waals surface area contributed by atoms with Crippen molar-refractivity contribution in [2.24, 2.45) is 0 Å². The molecular formula is C69H68BN3. The second-order valence-electron chi connectivity index (χ2n) is 26.1. The Labute approximate surface area is 432 Å². The maximum absolute atomic E-state index is 4.12. The number of anilines is 2. The summed E-state index contributed by atoms with van der Waals surface area (Å²) in [6, 6.07) is 52.7. The fraction of sp³-hybridized carbons (Fsp3) is 0.304. The van der Waals surface area contributed by atoms with Crippen molar-refractivity contribution in [2.75, 3.05) is 5.32 Å². The van der Waals surface area contributed by atoms with E-state index in [9.17, 15) is 0 Å².